The van der Waals surface area contributed by atoms with E-state index in [9.17, 15) is 0 Å². The van der Waals surface area contributed by atoms with Crippen LogP contribution in [0.1, 0.15) is 61.8 Å². The summed E-state index contributed by atoms with van der Waals surface area (Å²) in [5.74, 6) is 1.54. The van der Waals surface area contributed by atoms with Crippen molar-refractivity contribution in [3.63, 3.8) is 0 Å². The van der Waals surface area contributed by atoms with Gasteiger partial charge >= 0.3 is 0 Å². The highest BCUT2D eigenvalue weighted by atomic mass is 15.1. The Morgan fingerprint density at radius 1 is 0.453 bits per heavy atom. The lowest BCUT2D eigenvalue weighted by molar-refractivity contribution is 0.327. The van der Waals surface area contributed by atoms with Gasteiger partial charge in [0.25, 0.3) is 0 Å². The molecule has 2 bridgehead atoms. The minimum absolute atomic E-state index is 0.0975. The van der Waals surface area contributed by atoms with E-state index in [-0.39, 0.29) is 10.8 Å². The van der Waals surface area contributed by atoms with E-state index >= 15 is 0 Å². The zero-order valence-electron chi connectivity index (χ0n) is 30.5. The van der Waals surface area contributed by atoms with Gasteiger partial charge in [-0.15, -0.1) is 0 Å². The van der Waals surface area contributed by atoms with Crippen LogP contribution in [-0.4, -0.2) is 0 Å². The molecule has 7 aromatic rings. The average Bonchev–Trinajstić information content (AvgIpc) is 3.96. The van der Waals surface area contributed by atoms with Gasteiger partial charge in [0.15, 0.2) is 0 Å². The second-order valence-electron chi connectivity index (χ2n) is 16.5. The van der Waals surface area contributed by atoms with E-state index in [4.69, 9.17) is 0 Å². The molecular weight excluding hydrogens is 639 g/mol. The highest BCUT2D eigenvalue weighted by Crippen LogP contribution is 2.66. The van der Waals surface area contributed by atoms with Crippen molar-refractivity contribution < 1.29 is 0 Å². The predicted octanol–water partition coefficient (Wildman–Crippen LogP) is 13.9. The summed E-state index contributed by atoms with van der Waals surface area (Å²) in [6.07, 6.45) is 5.36. The molecule has 3 unspecified atom stereocenters. The monoisotopic (exact) mass is 681 g/mol. The third-order valence-electron chi connectivity index (χ3n) is 13.5. The first kappa shape index (κ1) is 30.9. The SMILES string of the molecule is CC1(C)c2ccccc2-c2ccc(N(c3ccc4c(c3)C3(CC5CCC3C5)c3ccccc3-4)c3ccc(-c4ccccc4)cc3-c3ccccc3)cc21. The van der Waals surface area contributed by atoms with Crippen LogP contribution in [0.15, 0.2) is 164 Å². The molecule has 0 saturated heterocycles. The molecule has 0 amide bonds. The summed E-state index contributed by atoms with van der Waals surface area (Å²) in [6, 6.07) is 61.9. The van der Waals surface area contributed by atoms with Gasteiger partial charge in [-0.05, 0) is 129 Å². The van der Waals surface area contributed by atoms with E-state index in [1.807, 2.05) is 0 Å². The Kier molecular flexibility index (Phi) is 6.66. The molecule has 11 rings (SSSR count). The number of anilines is 3. The molecule has 4 aliphatic carbocycles. The van der Waals surface area contributed by atoms with Crippen molar-refractivity contribution in [2.24, 2.45) is 11.8 Å². The maximum absolute atomic E-state index is 2.60. The number of hydrogen-bond donors (Lipinski definition) is 0. The number of hydrogen-bond acceptors (Lipinski definition) is 1. The summed E-state index contributed by atoms with van der Waals surface area (Å²) in [7, 11) is 0. The molecule has 0 aliphatic heterocycles. The second kappa shape index (κ2) is 11.4. The van der Waals surface area contributed by atoms with E-state index in [0.29, 0.717) is 5.92 Å². The molecule has 1 heteroatoms. The van der Waals surface area contributed by atoms with Crippen LogP contribution in [0.2, 0.25) is 0 Å². The summed E-state index contributed by atoms with van der Waals surface area (Å²) in [5, 5.41) is 0. The van der Waals surface area contributed by atoms with Crippen LogP contribution in [-0.2, 0) is 10.8 Å². The first-order valence-electron chi connectivity index (χ1n) is 19.5. The van der Waals surface area contributed by atoms with Crippen molar-refractivity contribution >= 4 is 17.1 Å². The van der Waals surface area contributed by atoms with Crippen LogP contribution in [0.5, 0.6) is 0 Å². The van der Waals surface area contributed by atoms with Crippen LogP contribution >= 0.6 is 0 Å². The Morgan fingerprint density at radius 3 is 1.72 bits per heavy atom. The van der Waals surface area contributed by atoms with Crippen LogP contribution in [0.4, 0.5) is 17.1 Å². The minimum atomic E-state index is -0.0975. The molecule has 4 aliphatic rings. The standard InChI is InChI=1S/C52H43N/c1-51(2)46-19-11-9-17-41(46)43-26-24-39(31-48(43)51)53(50-28-22-37(35-13-5-3-6-14-35)30-45(50)36-15-7-4-8-16-36)40-25-27-44-42-18-10-12-20-47(42)52(49(44)32-40)33-34-21-23-38(52)29-34/h3-20,22,24-28,30-32,34,38H,21,23,29,33H2,1-2H3. The van der Waals surface area contributed by atoms with E-state index in [2.05, 4.69) is 183 Å². The minimum Gasteiger partial charge on any atom is -0.310 e. The van der Waals surface area contributed by atoms with Crippen molar-refractivity contribution in [1.82, 2.24) is 0 Å². The highest BCUT2D eigenvalue weighted by molar-refractivity contribution is 5.94. The van der Waals surface area contributed by atoms with Crippen molar-refractivity contribution in [1.29, 1.82) is 0 Å². The first-order valence-corrected chi connectivity index (χ1v) is 19.5. The first-order chi connectivity index (χ1) is 26.0. The Labute approximate surface area is 313 Å². The molecule has 2 fully saturated rings. The van der Waals surface area contributed by atoms with Gasteiger partial charge in [-0.1, -0.05) is 148 Å². The van der Waals surface area contributed by atoms with Gasteiger partial charge in [0.2, 0.25) is 0 Å². The van der Waals surface area contributed by atoms with Gasteiger partial charge in [0.1, 0.15) is 0 Å². The van der Waals surface area contributed by atoms with Crippen molar-refractivity contribution in [3.8, 4) is 44.5 Å². The number of benzene rings is 7. The quantitative estimate of drug-likeness (QED) is 0.175. The smallest absolute Gasteiger partial charge is 0.0540 e. The third-order valence-corrected chi connectivity index (χ3v) is 13.5. The summed E-state index contributed by atoms with van der Waals surface area (Å²) in [6.45, 7) is 4.78. The lowest BCUT2D eigenvalue weighted by atomic mass is 9.67. The summed E-state index contributed by atoms with van der Waals surface area (Å²) in [4.78, 5) is 2.57. The van der Waals surface area contributed by atoms with E-state index in [1.54, 1.807) is 11.1 Å². The molecule has 1 spiro atoms. The predicted molar refractivity (Wildman–Crippen MR) is 221 cm³/mol. The van der Waals surface area contributed by atoms with Crippen LogP contribution in [0, 0.1) is 11.8 Å². The van der Waals surface area contributed by atoms with E-state index < -0.39 is 0 Å². The number of nitrogens with zero attached hydrogens (tertiary/aromatic N) is 1. The molecule has 2 saturated carbocycles. The molecule has 0 aromatic heterocycles. The number of fused-ring (bicyclic) bond motifs is 11. The average molecular weight is 682 g/mol. The summed E-state index contributed by atoms with van der Waals surface area (Å²) in [5.41, 5.74) is 20.0. The maximum atomic E-state index is 2.60. The molecule has 0 heterocycles. The van der Waals surface area contributed by atoms with Gasteiger partial charge in [0.05, 0.1) is 5.69 Å². The molecular formula is C52H43N. The zero-order valence-corrected chi connectivity index (χ0v) is 30.5. The lowest BCUT2D eigenvalue weighted by Crippen LogP contribution is -2.32. The molecule has 3 atom stereocenters. The molecule has 53 heavy (non-hydrogen) atoms. The largest absolute Gasteiger partial charge is 0.310 e. The Bertz CT molecular complexity index is 2560. The molecule has 256 valence electrons. The van der Waals surface area contributed by atoms with Crippen molar-refractivity contribution in [2.75, 3.05) is 4.90 Å². The molecule has 7 aromatic carbocycles. The molecule has 0 radical (unpaired) electrons. The van der Waals surface area contributed by atoms with Gasteiger partial charge in [0, 0.05) is 27.8 Å². The van der Waals surface area contributed by atoms with Crippen molar-refractivity contribution in [2.45, 2.75) is 50.4 Å². The van der Waals surface area contributed by atoms with Crippen molar-refractivity contribution in [3.05, 3.63) is 186 Å². The highest BCUT2D eigenvalue weighted by Gasteiger charge is 2.56. The zero-order chi connectivity index (χ0) is 35.3. The van der Waals surface area contributed by atoms with Crippen LogP contribution in [0.3, 0.4) is 0 Å². The topological polar surface area (TPSA) is 3.24 Å². The normalized spacial score (nSPS) is 20.9. The van der Waals surface area contributed by atoms with E-state index in [0.717, 1.165) is 5.92 Å². The number of rotatable bonds is 5. The van der Waals surface area contributed by atoms with Gasteiger partial charge in [-0.3, -0.25) is 0 Å². The van der Waals surface area contributed by atoms with Gasteiger partial charge in [-0.2, -0.15) is 0 Å². The fraction of sp³-hybridized carbons (Fsp3) is 0.192. The third kappa shape index (κ3) is 4.43. The molecule has 1 nitrogen and oxygen atoms in total. The fourth-order valence-electron chi connectivity index (χ4n) is 11.2. The van der Waals surface area contributed by atoms with Gasteiger partial charge < -0.3 is 4.90 Å². The molecule has 0 N–H and O–H groups in total. The fourth-order valence-corrected chi connectivity index (χ4v) is 11.2. The lowest BCUT2D eigenvalue weighted by Gasteiger charge is -2.37. The summed E-state index contributed by atoms with van der Waals surface area (Å²) >= 11 is 0. The van der Waals surface area contributed by atoms with Crippen LogP contribution in [0.25, 0.3) is 44.5 Å². The maximum Gasteiger partial charge on any atom is 0.0540 e. The Balaban J connectivity index is 1.16. The Morgan fingerprint density at radius 2 is 1.04 bits per heavy atom. The summed E-state index contributed by atoms with van der Waals surface area (Å²) < 4.78 is 0. The second-order valence-corrected chi connectivity index (χ2v) is 16.5. The van der Waals surface area contributed by atoms with Gasteiger partial charge in [-0.25, -0.2) is 0 Å². The Hall–Kier alpha value is -5.66. The van der Waals surface area contributed by atoms with E-state index in [1.165, 1.54) is 98.4 Å². The van der Waals surface area contributed by atoms with Crippen LogP contribution < -0.4 is 4.90 Å².